The molecule has 0 fully saturated rings. The highest BCUT2D eigenvalue weighted by molar-refractivity contribution is 5.75. The van der Waals surface area contributed by atoms with Crippen molar-refractivity contribution < 1.29 is 18.0 Å². The van der Waals surface area contributed by atoms with Gasteiger partial charge in [0.05, 0.1) is 5.69 Å². The largest absolute Gasteiger partial charge is 0.431 e. The number of nitrogens with one attached hydrogen (secondary N) is 1. The minimum Gasteiger partial charge on any atom is -0.303 e. The van der Waals surface area contributed by atoms with Gasteiger partial charge in [0.15, 0.2) is 0 Å². The zero-order chi connectivity index (χ0) is 14.9. The van der Waals surface area contributed by atoms with Crippen LogP contribution in [0.3, 0.4) is 0 Å². The summed E-state index contributed by atoms with van der Waals surface area (Å²) in [5.74, 6) is 0. The van der Waals surface area contributed by atoms with Gasteiger partial charge in [-0.05, 0) is 12.1 Å². The van der Waals surface area contributed by atoms with Crippen LogP contribution in [0.15, 0.2) is 39.9 Å². The Morgan fingerprint density at radius 2 is 1.85 bits per heavy atom. The molecule has 0 radical (unpaired) electrons. The summed E-state index contributed by atoms with van der Waals surface area (Å²) in [5.41, 5.74) is -3.59. The molecule has 0 saturated carbocycles. The van der Waals surface area contributed by atoms with E-state index < -0.39 is 23.1 Å². The molecule has 0 unspecified atom stereocenters. The molecule has 5 nitrogen and oxygen atoms in total. The molecule has 1 aromatic carbocycles. The predicted octanol–water partition coefficient (Wildman–Crippen LogP) is 1.36. The van der Waals surface area contributed by atoms with Crippen LogP contribution in [0.1, 0.15) is 16.1 Å². The summed E-state index contributed by atoms with van der Waals surface area (Å²) < 4.78 is 37.8. The monoisotopic (exact) mass is 284 g/mol. The lowest BCUT2D eigenvalue weighted by Gasteiger charge is -2.09. The quantitative estimate of drug-likeness (QED) is 0.846. The van der Waals surface area contributed by atoms with Gasteiger partial charge in [0.25, 0.3) is 5.56 Å². The first kappa shape index (κ1) is 13.8. The highest BCUT2D eigenvalue weighted by atomic mass is 19.4. The van der Waals surface area contributed by atoms with Crippen LogP contribution < -0.4 is 11.2 Å². The lowest BCUT2D eigenvalue weighted by molar-refractivity contribution is -0.141. The Bertz CT molecular complexity index is 743. The Balaban J connectivity index is 2.67. The summed E-state index contributed by atoms with van der Waals surface area (Å²) in [6, 6.07) is 5.67. The first-order valence-electron chi connectivity index (χ1n) is 5.32. The van der Waals surface area contributed by atoms with E-state index in [0.717, 1.165) is 0 Å². The summed E-state index contributed by atoms with van der Waals surface area (Å²) in [6.45, 7) is 0. The average molecular weight is 284 g/mol. The van der Waals surface area contributed by atoms with Gasteiger partial charge in [-0.2, -0.15) is 13.2 Å². The molecule has 0 atom stereocenters. The third-order valence-corrected chi connectivity index (χ3v) is 2.50. The van der Waals surface area contributed by atoms with E-state index in [1.165, 1.54) is 24.3 Å². The molecule has 0 aliphatic heterocycles. The second-order valence-electron chi connectivity index (χ2n) is 3.87. The molecule has 20 heavy (non-hydrogen) atoms. The van der Waals surface area contributed by atoms with Crippen molar-refractivity contribution in [2.75, 3.05) is 0 Å². The minimum atomic E-state index is -4.82. The maximum Gasteiger partial charge on any atom is 0.431 e. The Kier molecular flexibility index (Phi) is 3.31. The average Bonchev–Trinajstić information content (AvgIpc) is 2.37. The molecule has 0 saturated heterocycles. The van der Waals surface area contributed by atoms with Crippen LogP contribution >= 0.6 is 0 Å². The van der Waals surface area contributed by atoms with Crippen molar-refractivity contribution in [1.29, 1.82) is 0 Å². The fourth-order valence-corrected chi connectivity index (χ4v) is 1.63. The van der Waals surface area contributed by atoms with Crippen LogP contribution in [0.5, 0.6) is 0 Å². The smallest absolute Gasteiger partial charge is 0.303 e. The van der Waals surface area contributed by atoms with Crippen LogP contribution in [0.2, 0.25) is 0 Å². The molecule has 1 aromatic heterocycles. The van der Waals surface area contributed by atoms with Crippen LogP contribution in [0.4, 0.5) is 13.2 Å². The third-order valence-electron chi connectivity index (χ3n) is 2.50. The van der Waals surface area contributed by atoms with Gasteiger partial charge in [-0.3, -0.25) is 9.59 Å². The van der Waals surface area contributed by atoms with Crippen molar-refractivity contribution in [3.8, 4) is 5.69 Å². The molecular weight excluding hydrogens is 277 g/mol. The first-order valence-corrected chi connectivity index (χ1v) is 5.32. The summed E-state index contributed by atoms with van der Waals surface area (Å²) in [6.07, 6.45) is -4.32. The van der Waals surface area contributed by atoms with Crippen LogP contribution in [-0.4, -0.2) is 15.8 Å². The second kappa shape index (κ2) is 4.80. The number of hydrogen-bond acceptors (Lipinski definition) is 3. The summed E-state index contributed by atoms with van der Waals surface area (Å²) in [7, 11) is 0. The van der Waals surface area contributed by atoms with Crippen molar-refractivity contribution in [3.63, 3.8) is 0 Å². The van der Waals surface area contributed by atoms with Gasteiger partial charge in [0.1, 0.15) is 12.0 Å². The lowest BCUT2D eigenvalue weighted by Crippen LogP contribution is -2.35. The van der Waals surface area contributed by atoms with Gasteiger partial charge < -0.3 is 4.98 Å². The number of hydrogen-bond donors (Lipinski definition) is 1. The number of aromatic nitrogens is 2. The van der Waals surface area contributed by atoms with E-state index >= 15 is 0 Å². The minimum absolute atomic E-state index is 0.00887. The predicted molar refractivity (Wildman–Crippen MR) is 63.0 cm³/mol. The van der Waals surface area contributed by atoms with E-state index in [-0.39, 0.29) is 17.3 Å². The Hall–Kier alpha value is -2.64. The van der Waals surface area contributed by atoms with Crippen molar-refractivity contribution >= 4 is 6.29 Å². The first-order chi connectivity index (χ1) is 9.32. The second-order valence-corrected chi connectivity index (χ2v) is 3.87. The molecule has 1 heterocycles. The SMILES string of the molecule is O=Cc1cccc(-n2c(=O)cc(C(F)(F)F)[nH]c2=O)c1. The Morgan fingerprint density at radius 1 is 1.15 bits per heavy atom. The molecule has 0 amide bonds. The van der Waals surface area contributed by atoms with Crippen molar-refractivity contribution in [2.24, 2.45) is 0 Å². The maximum atomic E-state index is 12.4. The fraction of sp³-hybridized carbons (Fsp3) is 0.0833. The van der Waals surface area contributed by atoms with E-state index in [1.54, 1.807) is 4.98 Å². The molecule has 2 aromatic rings. The number of benzene rings is 1. The van der Waals surface area contributed by atoms with Gasteiger partial charge in [0, 0.05) is 11.6 Å². The number of alkyl halides is 3. The van der Waals surface area contributed by atoms with Gasteiger partial charge >= 0.3 is 11.9 Å². The van der Waals surface area contributed by atoms with Crippen LogP contribution in [0.25, 0.3) is 5.69 Å². The number of rotatable bonds is 2. The molecular formula is C12H7F3N2O3. The molecule has 1 N–H and O–H groups in total. The van der Waals surface area contributed by atoms with Crippen LogP contribution in [0, 0.1) is 0 Å². The number of aromatic amines is 1. The molecule has 2 rings (SSSR count). The Morgan fingerprint density at radius 3 is 2.40 bits per heavy atom. The molecule has 104 valence electrons. The highest BCUT2D eigenvalue weighted by Gasteiger charge is 2.33. The fourth-order valence-electron chi connectivity index (χ4n) is 1.63. The van der Waals surface area contributed by atoms with Crippen molar-refractivity contribution in [1.82, 2.24) is 9.55 Å². The molecule has 0 aliphatic rings. The van der Waals surface area contributed by atoms with E-state index in [4.69, 9.17) is 0 Å². The number of nitrogens with zero attached hydrogens (tertiary/aromatic N) is 1. The van der Waals surface area contributed by atoms with Gasteiger partial charge in [-0.15, -0.1) is 0 Å². The van der Waals surface area contributed by atoms with Crippen molar-refractivity contribution in [2.45, 2.75) is 6.18 Å². The van der Waals surface area contributed by atoms with Gasteiger partial charge in [-0.25, -0.2) is 9.36 Å². The van der Waals surface area contributed by atoms with Crippen molar-refractivity contribution in [3.05, 3.63) is 62.4 Å². The number of aldehydes is 1. The molecule has 8 heteroatoms. The number of carbonyl (C=O) groups excluding carboxylic acids is 1. The van der Waals surface area contributed by atoms with Gasteiger partial charge in [-0.1, -0.05) is 12.1 Å². The third kappa shape index (κ3) is 2.53. The zero-order valence-electron chi connectivity index (χ0n) is 9.77. The maximum absolute atomic E-state index is 12.4. The van der Waals surface area contributed by atoms with E-state index in [2.05, 4.69) is 0 Å². The van der Waals surface area contributed by atoms with E-state index in [0.29, 0.717) is 10.9 Å². The van der Waals surface area contributed by atoms with Crippen LogP contribution in [-0.2, 0) is 6.18 Å². The summed E-state index contributed by atoms with van der Waals surface area (Å²) >= 11 is 0. The number of carbonyl (C=O) groups is 1. The molecule has 0 bridgehead atoms. The van der Waals surface area contributed by atoms with E-state index in [9.17, 15) is 27.6 Å². The number of H-pyrrole nitrogens is 1. The topological polar surface area (TPSA) is 71.9 Å². The normalized spacial score (nSPS) is 11.3. The highest BCUT2D eigenvalue weighted by Crippen LogP contribution is 2.25. The zero-order valence-corrected chi connectivity index (χ0v) is 9.77. The lowest BCUT2D eigenvalue weighted by atomic mass is 10.2. The standard InChI is InChI=1S/C12H7F3N2O3/c13-12(14,15)9-5-10(19)17(11(20)16-9)8-3-1-2-7(4-8)6-18/h1-6H,(H,16,20). The number of halogens is 3. The Labute approximate surface area is 109 Å². The molecule has 0 spiro atoms. The van der Waals surface area contributed by atoms with E-state index in [1.807, 2.05) is 0 Å². The summed E-state index contributed by atoms with van der Waals surface area (Å²) in [5, 5.41) is 0. The summed E-state index contributed by atoms with van der Waals surface area (Å²) in [4.78, 5) is 35.5. The van der Waals surface area contributed by atoms with Gasteiger partial charge in [0.2, 0.25) is 0 Å². The molecule has 0 aliphatic carbocycles.